The number of piperidine rings is 1. The number of halogens is 3. The number of carbonyl (C=O) groups excluding carboxylic acids is 1. The predicted molar refractivity (Wildman–Crippen MR) is 81.0 cm³/mol. The lowest BCUT2D eigenvalue weighted by Crippen LogP contribution is -2.32. The minimum Gasteiger partial charge on any atom is -0.432 e. The van der Waals surface area contributed by atoms with E-state index in [0.717, 1.165) is 38.1 Å². The predicted octanol–water partition coefficient (Wildman–Crippen LogP) is 3.39. The summed E-state index contributed by atoms with van der Waals surface area (Å²) in [5.74, 6) is -0.713. The van der Waals surface area contributed by atoms with Crippen molar-refractivity contribution < 1.29 is 22.7 Å². The zero-order valence-electron chi connectivity index (χ0n) is 13.0. The van der Waals surface area contributed by atoms with Gasteiger partial charge >= 0.3 is 6.61 Å². The third-order valence-corrected chi connectivity index (χ3v) is 4.13. The first-order valence-electron chi connectivity index (χ1n) is 7.70. The van der Waals surface area contributed by atoms with Crippen LogP contribution in [0.2, 0.25) is 0 Å². The lowest BCUT2D eigenvalue weighted by Gasteiger charge is -2.28. The van der Waals surface area contributed by atoms with Crippen LogP contribution in [-0.4, -0.2) is 25.6 Å². The van der Waals surface area contributed by atoms with Gasteiger partial charge in [-0.05, 0) is 49.9 Å². The van der Waals surface area contributed by atoms with Crippen LogP contribution in [0, 0.1) is 17.7 Å². The molecule has 1 aromatic rings. The highest BCUT2D eigenvalue weighted by Crippen LogP contribution is 2.29. The fourth-order valence-electron chi connectivity index (χ4n) is 2.87. The molecule has 7 heteroatoms. The van der Waals surface area contributed by atoms with E-state index in [0.29, 0.717) is 5.92 Å². The molecule has 23 heavy (non-hydrogen) atoms. The van der Waals surface area contributed by atoms with E-state index in [4.69, 9.17) is 0 Å². The van der Waals surface area contributed by atoms with Gasteiger partial charge in [0, 0.05) is 12.5 Å². The molecule has 128 valence electrons. The van der Waals surface area contributed by atoms with Crippen LogP contribution in [0.4, 0.5) is 18.9 Å². The molecule has 2 N–H and O–H groups in total. The number of nitrogens with one attached hydrogen (secondary N) is 2. The Kier molecular flexibility index (Phi) is 6.27. The van der Waals surface area contributed by atoms with E-state index in [-0.39, 0.29) is 29.7 Å². The second-order valence-electron chi connectivity index (χ2n) is 5.84. The lowest BCUT2D eigenvalue weighted by molar-refractivity contribution is -0.117. The third kappa shape index (κ3) is 5.42. The molecular weight excluding hydrogens is 309 g/mol. The third-order valence-electron chi connectivity index (χ3n) is 4.13. The number of anilines is 1. The maximum absolute atomic E-state index is 13.1. The molecule has 1 fully saturated rings. The van der Waals surface area contributed by atoms with Crippen molar-refractivity contribution in [3.05, 3.63) is 24.0 Å². The van der Waals surface area contributed by atoms with Gasteiger partial charge in [-0.2, -0.15) is 8.78 Å². The molecule has 1 aliphatic rings. The van der Waals surface area contributed by atoms with Gasteiger partial charge < -0.3 is 15.4 Å². The van der Waals surface area contributed by atoms with Gasteiger partial charge in [0.15, 0.2) is 5.75 Å². The molecule has 2 rings (SSSR count). The number of hydrogen-bond acceptors (Lipinski definition) is 3. The average molecular weight is 330 g/mol. The lowest BCUT2D eigenvalue weighted by atomic mass is 9.84. The topological polar surface area (TPSA) is 50.4 Å². The Labute approximate surface area is 133 Å². The zero-order valence-corrected chi connectivity index (χ0v) is 13.0. The average Bonchev–Trinajstić information content (AvgIpc) is 2.50. The fraction of sp³-hybridized carbons (Fsp3) is 0.562. The SMILES string of the molecule is CC(CC(=O)Nc1ccc(F)cc1OC(F)F)C1CCNCC1. The largest absolute Gasteiger partial charge is 0.432 e. The van der Waals surface area contributed by atoms with E-state index in [1.54, 1.807) is 0 Å². The summed E-state index contributed by atoms with van der Waals surface area (Å²) in [6.45, 7) is 0.819. The van der Waals surface area contributed by atoms with Crippen LogP contribution >= 0.6 is 0 Å². The van der Waals surface area contributed by atoms with Crippen molar-refractivity contribution in [3.63, 3.8) is 0 Å². The van der Waals surface area contributed by atoms with Gasteiger partial charge in [-0.3, -0.25) is 4.79 Å². The molecule has 0 radical (unpaired) electrons. The summed E-state index contributed by atoms with van der Waals surface area (Å²) >= 11 is 0. The Morgan fingerprint density at radius 2 is 2.09 bits per heavy atom. The van der Waals surface area contributed by atoms with E-state index in [1.165, 1.54) is 6.07 Å². The first-order valence-corrected chi connectivity index (χ1v) is 7.70. The second kappa shape index (κ2) is 8.19. The minimum absolute atomic E-state index is 0.0502. The highest BCUT2D eigenvalue weighted by molar-refractivity contribution is 5.92. The Hall–Kier alpha value is -1.76. The highest BCUT2D eigenvalue weighted by Gasteiger charge is 2.22. The van der Waals surface area contributed by atoms with Crippen molar-refractivity contribution >= 4 is 11.6 Å². The first-order chi connectivity index (χ1) is 11.0. The summed E-state index contributed by atoms with van der Waals surface area (Å²) in [6, 6.07) is 3.14. The molecule has 0 spiro atoms. The Morgan fingerprint density at radius 1 is 1.39 bits per heavy atom. The van der Waals surface area contributed by atoms with Crippen molar-refractivity contribution in [2.24, 2.45) is 11.8 Å². The molecule has 1 atom stereocenters. The summed E-state index contributed by atoms with van der Waals surface area (Å²) in [6.07, 6.45) is 2.33. The zero-order chi connectivity index (χ0) is 16.8. The van der Waals surface area contributed by atoms with Crippen LogP contribution in [0.15, 0.2) is 18.2 Å². The molecule has 4 nitrogen and oxygen atoms in total. The van der Waals surface area contributed by atoms with Crippen LogP contribution in [0.3, 0.4) is 0 Å². The molecule has 0 aliphatic carbocycles. The summed E-state index contributed by atoms with van der Waals surface area (Å²) in [7, 11) is 0. The van der Waals surface area contributed by atoms with Crippen LogP contribution in [0.1, 0.15) is 26.2 Å². The monoisotopic (exact) mass is 330 g/mol. The molecule has 1 aliphatic heterocycles. The smallest absolute Gasteiger partial charge is 0.387 e. The number of hydrogen-bond donors (Lipinski definition) is 2. The normalized spacial score (nSPS) is 17.1. The molecule has 0 bridgehead atoms. The van der Waals surface area contributed by atoms with Crippen LogP contribution in [0.5, 0.6) is 5.75 Å². The fourth-order valence-corrected chi connectivity index (χ4v) is 2.87. The highest BCUT2D eigenvalue weighted by atomic mass is 19.3. The van der Waals surface area contributed by atoms with Gasteiger partial charge in [0.2, 0.25) is 5.91 Å². The Bertz CT molecular complexity index is 534. The molecule has 1 aromatic carbocycles. The van der Waals surface area contributed by atoms with Crippen molar-refractivity contribution in [1.29, 1.82) is 0 Å². The van der Waals surface area contributed by atoms with E-state index < -0.39 is 12.4 Å². The quantitative estimate of drug-likeness (QED) is 0.840. The van der Waals surface area contributed by atoms with Crippen molar-refractivity contribution in [2.75, 3.05) is 18.4 Å². The van der Waals surface area contributed by atoms with Crippen LogP contribution in [-0.2, 0) is 4.79 Å². The van der Waals surface area contributed by atoms with Gasteiger partial charge in [-0.15, -0.1) is 0 Å². The van der Waals surface area contributed by atoms with Crippen molar-refractivity contribution in [2.45, 2.75) is 32.8 Å². The van der Waals surface area contributed by atoms with Gasteiger partial charge in [-0.25, -0.2) is 4.39 Å². The van der Waals surface area contributed by atoms with Gasteiger partial charge in [-0.1, -0.05) is 6.92 Å². The molecule has 0 saturated carbocycles. The van der Waals surface area contributed by atoms with Gasteiger partial charge in [0.05, 0.1) is 5.69 Å². The Morgan fingerprint density at radius 3 is 2.74 bits per heavy atom. The molecule has 1 heterocycles. The van der Waals surface area contributed by atoms with E-state index in [9.17, 15) is 18.0 Å². The maximum atomic E-state index is 13.1. The molecule has 1 amide bonds. The number of ether oxygens (including phenoxy) is 1. The van der Waals surface area contributed by atoms with E-state index in [1.807, 2.05) is 6.92 Å². The van der Waals surface area contributed by atoms with Crippen molar-refractivity contribution in [1.82, 2.24) is 5.32 Å². The van der Waals surface area contributed by atoms with E-state index in [2.05, 4.69) is 15.4 Å². The maximum Gasteiger partial charge on any atom is 0.387 e. The molecular formula is C16H21F3N2O2. The molecule has 1 saturated heterocycles. The number of rotatable bonds is 6. The number of amides is 1. The molecule has 0 aromatic heterocycles. The Balaban J connectivity index is 1.96. The summed E-state index contributed by atoms with van der Waals surface area (Å²) < 4.78 is 42.1. The summed E-state index contributed by atoms with van der Waals surface area (Å²) in [5, 5.41) is 5.80. The van der Waals surface area contributed by atoms with Gasteiger partial charge in [0.1, 0.15) is 5.82 Å². The number of alkyl halides is 2. The van der Waals surface area contributed by atoms with Crippen LogP contribution in [0.25, 0.3) is 0 Å². The molecule has 1 unspecified atom stereocenters. The minimum atomic E-state index is -3.08. The number of benzene rings is 1. The standard InChI is InChI=1S/C16H21F3N2O2/c1-10(11-4-6-20-7-5-11)8-15(22)21-13-3-2-12(17)9-14(13)23-16(18)19/h2-3,9-11,16,20H,4-8H2,1H3,(H,21,22). The number of carbonyl (C=O) groups is 1. The second-order valence-corrected chi connectivity index (χ2v) is 5.84. The van der Waals surface area contributed by atoms with Gasteiger partial charge in [0.25, 0.3) is 0 Å². The first kappa shape index (κ1) is 17.6. The van der Waals surface area contributed by atoms with Crippen LogP contribution < -0.4 is 15.4 Å². The summed E-state index contributed by atoms with van der Waals surface area (Å²) in [5.41, 5.74) is 0.0502. The van der Waals surface area contributed by atoms with Crippen molar-refractivity contribution in [3.8, 4) is 5.75 Å². The van der Waals surface area contributed by atoms with E-state index >= 15 is 0 Å². The summed E-state index contributed by atoms with van der Waals surface area (Å²) in [4.78, 5) is 12.1.